The van der Waals surface area contributed by atoms with Gasteiger partial charge < -0.3 is 6.53 Å². The van der Waals surface area contributed by atoms with Crippen LogP contribution in [0.3, 0.4) is 0 Å². The predicted molar refractivity (Wildman–Crippen MR) is 27.2 cm³/mol. The first kappa shape index (κ1) is 10.5. The molecule has 0 aromatic rings. The molecule has 0 aliphatic carbocycles. The molecule has 4 heteroatoms. The summed E-state index contributed by atoms with van der Waals surface area (Å²) in [7, 11) is 0. The van der Waals surface area contributed by atoms with E-state index >= 15 is 0 Å². The predicted octanol–water partition coefficient (Wildman–Crippen LogP) is -2.03. The van der Waals surface area contributed by atoms with Gasteiger partial charge in [-0.3, -0.25) is 4.79 Å². The molecule has 0 saturated carbocycles. The van der Waals surface area contributed by atoms with Crippen LogP contribution in [0.5, 0.6) is 0 Å². The maximum absolute atomic E-state index is 9.57. The third kappa shape index (κ3) is 10.8. The van der Waals surface area contributed by atoms with Gasteiger partial charge in [0, 0.05) is 5.33 Å². The molecular formula is C3H6BrLiO2. The minimum Gasteiger partial charge on any atom is -1.00 e. The summed E-state index contributed by atoms with van der Waals surface area (Å²) in [4.78, 5) is 9.57. The summed E-state index contributed by atoms with van der Waals surface area (Å²) in [6, 6.07) is 0. The Balaban J connectivity index is -0.000000125. The minimum absolute atomic E-state index is 0. The molecule has 0 rings (SSSR count). The zero-order valence-electron chi connectivity index (χ0n) is 5.15. The van der Waals surface area contributed by atoms with Crippen LogP contribution in [0.2, 0.25) is 0 Å². The Morgan fingerprint density at radius 2 is 2.29 bits per heavy atom. The van der Waals surface area contributed by atoms with Crippen LogP contribution in [0, 0.1) is 0 Å². The van der Waals surface area contributed by atoms with E-state index in [9.17, 15) is 4.79 Å². The van der Waals surface area contributed by atoms with Crippen molar-refractivity contribution in [3.8, 4) is 0 Å². The first-order valence-corrected chi connectivity index (χ1v) is 2.67. The first-order valence-electron chi connectivity index (χ1n) is 1.55. The van der Waals surface area contributed by atoms with Crippen molar-refractivity contribution in [3.05, 3.63) is 0 Å². The second-order valence-electron chi connectivity index (χ2n) is 0.833. The normalized spacial score (nSPS) is 7.00. The Kier molecular flexibility index (Phi) is 9.83. The molecule has 0 unspecified atom stereocenters. The van der Waals surface area contributed by atoms with Gasteiger partial charge in [0.05, 0.1) is 6.42 Å². The quantitative estimate of drug-likeness (QED) is 0.374. The number of carboxylic acids is 1. The van der Waals surface area contributed by atoms with Crippen molar-refractivity contribution >= 4 is 21.9 Å². The smallest absolute Gasteiger partial charge is 1.00 e. The molecule has 0 spiro atoms. The van der Waals surface area contributed by atoms with Gasteiger partial charge in [-0.1, -0.05) is 15.9 Å². The van der Waals surface area contributed by atoms with Crippen molar-refractivity contribution in [1.29, 1.82) is 0 Å². The van der Waals surface area contributed by atoms with Gasteiger partial charge in [-0.2, -0.15) is 0 Å². The second kappa shape index (κ2) is 6.55. The molecule has 0 aliphatic rings. The number of alkyl halides is 1. The summed E-state index contributed by atoms with van der Waals surface area (Å²) in [5.74, 6) is -0.758. The van der Waals surface area contributed by atoms with Gasteiger partial charge in [-0.25, -0.2) is 0 Å². The number of hydrogen-bond acceptors (Lipinski definition) is 1. The fourth-order valence-corrected chi connectivity index (χ4v) is 0.420. The summed E-state index contributed by atoms with van der Waals surface area (Å²) >= 11 is 2.97. The van der Waals surface area contributed by atoms with Crippen molar-refractivity contribution in [2.24, 2.45) is 0 Å². The second-order valence-corrected chi connectivity index (χ2v) is 1.63. The van der Waals surface area contributed by atoms with E-state index in [4.69, 9.17) is 5.11 Å². The number of hydrogen-bond donors (Lipinski definition) is 1. The van der Waals surface area contributed by atoms with Crippen LogP contribution < -0.4 is 18.9 Å². The number of halogens is 1. The van der Waals surface area contributed by atoms with E-state index in [2.05, 4.69) is 15.9 Å². The Bertz CT molecular complexity index is 61.2. The van der Waals surface area contributed by atoms with Crippen molar-refractivity contribution in [3.63, 3.8) is 0 Å². The van der Waals surface area contributed by atoms with Gasteiger partial charge >= 0.3 is 24.8 Å². The van der Waals surface area contributed by atoms with Crippen LogP contribution in [0.1, 0.15) is 7.85 Å². The Morgan fingerprint density at radius 1 is 1.86 bits per heavy atom. The van der Waals surface area contributed by atoms with Gasteiger partial charge in [0.15, 0.2) is 0 Å². The van der Waals surface area contributed by atoms with Gasteiger partial charge in [-0.05, 0) is 0 Å². The molecule has 7 heavy (non-hydrogen) atoms. The molecule has 1 N–H and O–H groups in total. The Morgan fingerprint density at radius 3 is 2.29 bits per heavy atom. The molecule has 0 aliphatic heterocycles. The zero-order valence-corrected chi connectivity index (χ0v) is 5.73. The van der Waals surface area contributed by atoms with Crippen LogP contribution in [-0.2, 0) is 4.79 Å². The molecule has 0 aromatic heterocycles. The summed E-state index contributed by atoms with van der Waals surface area (Å²) in [5, 5.41) is 8.43. The average Bonchev–Trinajstić information content (AvgIpc) is 1.35. The van der Waals surface area contributed by atoms with Gasteiger partial charge in [-0.15, -0.1) is 0 Å². The molecule has 0 fully saturated rings. The largest absolute Gasteiger partial charge is 1.00 e. The Hall–Kier alpha value is 0.547. The van der Waals surface area contributed by atoms with E-state index < -0.39 is 5.97 Å². The summed E-state index contributed by atoms with van der Waals surface area (Å²) in [6.45, 7) is 0. The van der Waals surface area contributed by atoms with Crippen LogP contribution in [0.4, 0.5) is 0 Å². The SMILES string of the molecule is O=C(O)CCBr.[H-].[Li+]. The van der Waals surface area contributed by atoms with Crippen molar-refractivity contribution in [2.45, 2.75) is 6.42 Å². The third-order valence-corrected chi connectivity index (χ3v) is 0.705. The van der Waals surface area contributed by atoms with Crippen LogP contribution in [0.15, 0.2) is 0 Å². The van der Waals surface area contributed by atoms with Gasteiger partial charge in [0.1, 0.15) is 0 Å². The average molecular weight is 161 g/mol. The molecule has 0 bridgehead atoms. The molecule has 0 heterocycles. The summed E-state index contributed by atoms with van der Waals surface area (Å²) < 4.78 is 0. The monoisotopic (exact) mass is 160 g/mol. The standard InChI is InChI=1S/C3H5BrO2.Li.H/c4-2-1-3(5)6;;/h1-2H2,(H,5,6);;/q;+1;-1. The third-order valence-electron chi connectivity index (χ3n) is 0.308. The molecule has 0 saturated heterocycles. The van der Waals surface area contributed by atoms with E-state index in [1.54, 1.807) is 0 Å². The number of carboxylic acid groups (broad SMARTS) is 1. The molecule has 0 aromatic carbocycles. The molecule has 0 atom stereocenters. The maximum Gasteiger partial charge on any atom is 1.00 e. The topological polar surface area (TPSA) is 37.3 Å². The molecule has 2 nitrogen and oxygen atoms in total. The van der Waals surface area contributed by atoms with E-state index in [1.807, 2.05) is 0 Å². The van der Waals surface area contributed by atoms with Crippen LogP contribution in [0.25, 0.3) is 0 Å². The number of rotatable bonds is 2. The van der Waals surface area contributed by atoms with Crippen molar-refractivity contribution < 1.29 is 30.2 Å². The van der Waals surface area contributed by atoms with Crippen LogP contribution >= 0.6 is 15.9 Å². The molecular weight excluding hydrogens is 155 g/mol. The van der Waals surface area contributed by atoms with E-state index in [0.29, 0.717) is 5.33 Å². The van der Waals surface area contributed by atoms with E-state index in [-0.39, 0.29) is 26.7 Å². The van der Waals surface area contributed by atoms with E-state index in [1.165, 1.54) is 0 Å². The van der Waals surface area contributed by atoms with Gasteiger partial charge in [0.2, 0.25) is 0 Å². The van der Waals surface area contributed by atoms with E-state index in [0.717, 1.165) is 0 Å². The maximum atomic E-state index is 9.57. The van der Waals surface area contributed by atoms with Crippen molar-refractivity contribution in [1.82, 2.24) is 0 Å². The molecule has 0 amide bonds. The molecule has 38 valence electrons. The number of carbonyl (C=O) groups is 1. The zero-order chi connectivity index (χ0) is 4.99. The van der Waals surface area contributed by atoms with Crippen molar-refractivity contribution in [2.75, 3.05) is 5.33 Å². The summed E-state index contributed by atoms with van der Waals surface area (Å²) in [6.07, 6.45) is 0.208. The number of aliphatic carboxylic acids is 1. The fraction of sp³-hybridized carbons (Fsp3) is 0.667. The fourth-order valence-electron chi connectivity index (χ4n) is 0.0808. The molecule has 0 radical (unpaired) electrons. The minimum atomic E-state index is -0.758. The summed E-state index contributed by atoms with van der Waals surface area (Å²) in [5.41, 5.74) is 0. The van der Waals surface area contributed by atoms with Crippen LogP contribution in [-0.4, -0.2) is 16.4 Å². The first-order chi connectivity index (χ1) is 2.77. The van der Waals surface area contributed by atoms with Gasteiger partial charge in [0.25, 0.3) is 0 Å². The Labute approximate surface area is 64.1 Å².